The van der Waals surface area contributed by atoms with E-state index >= 15 is 0 Å². The van der Waals surface area contributed by atoms with Crippen LogP contribution in [0.5, 0.6) is 5.75 Å². The lowest BCUT2D eigenvalue weighted by Gasteiger charge is -2.30. The van der Waals surface area contributed by atoms with Crippen molar-refractivity contribution in [2.75, 3.05) is 53.4 Å². The van der Waals surface area contributed by atoms with Gasteiger partial charge in [0.15, 0.2) is 0 Å². The highest BCUT2D eigenvalue weighted by Crippen LogP contribution is 2.41. The maximum Gasteiger partial charge on any atom is 0.308 e. The average molecular weight is 551 g/mol. The number of pyridine rings is 1. The number of aryl methyl sites for hydroxylation is 1. The van der Waals surface area contributed by atoms with Crippen molar-refractivity contribution < 1.29 is 19.4 Å². The van der Waals surface area contributed by atoms with Gasteiger partial charge in [0.2, 0.25) is 5.91 Å². The zero-order valence-electron chi connectivity index (χ0n) is 24.4. The zero-order valence-corrected chi connectivity index (χ0v) is 24.4. The summed E-state index contributed by atoms with van der Waals surface area (Å²) in [5, 5.41) is 10.5. The summed E-state index contributed by atoms with van der Waals surface area (Å²) in [5.41, 5.74) is 3.12. The summed E-state index contributed by atoms with van der Waals surface area (Å²) in [5.74, 6) is -0.578. The first-order chi connectivity index (χ1) is 19.4. The van der Waals surface area contributed by atoms with E-state index in [1.165, 1.54) is 0 Å². The molecule has 3 heterocycles. The Bertz CT molecular complexity index is 1110. The molecule has 1 fully saturated rings. The molecule has 40 heavy (non-hydrogen) atoms. The second-order valence-electron chi connectivity index (χ2n) is 11.5. The Labute approximate surface area is 239 Å². The molecular formula is C32H46N4O4. The largest absolute Gasteiger partial charge is 0.493 e. The van der Waals surface area contributed by atoms with Crippen LogP contribution in [0.2, 0.25) is 0 Å². The molecule has 0 bridgehead atoms. The van der Waals surface area contributed by atoms with Gasteiger partial charge in [0.25, 0.3) is 0 Å². The number of carbonyl (C=O) groups is 2. The summed E-state index contributed by atoms with van der Waals surface area (Å²) >= 11 is 0. The Morgan fingerprint density at radius 3 is 2.62 bits per heavy atom. The smallest absolute Gasteiger partial charge is 0.308 e. The fourth-order valence-corrected chi connectivity index (χ4v) is 6.18. The van der Waals surface area contributed by atoms with E-state index in [1.807, 2.05) is 35.2 Å². The van der Waals surface area contributed by atoms with E-state index < -0.39 is 11.9 Å². The van der Waals surface area contributed by atoms with Crippen molar-refractivity contribution >= 4 is 11.9 Å². The van der Waals surface area contributed by atoms with Crippen LogP contribution in [0.15, 0.2) is 42.6 Å². The number of aromatic nitrogens is 1. The second-order valence-corrected chi connectivity index (χ2v) is 11.5. The van der Waals surface area contributed by atoms with Crippen LogP contribution in [0.3, 0.4) is 0 Å². The summed E-state index contributed by atoms with van der Waals surface area (Å²) in [7, 11) is 4.14. The minimum Gasteiger partial charge on any atom is -0.493 e. The molecule has 1 amide bonds. The van der Waals surface area contributed by atoms with Crippen LogP contribution in [0.4, 0.5) is 0 Å². The number of likely N-dealkylation sites (tertiary alicyclic amines) is 1. The number of fused-ring (bicyclic) bond motifs is 1. The number of carboxylic acid groups (broad SMARTS) is 1. The molecule has 4 rings (SSSR count). The van der Waals surface area contributed by atoms with Crippen molar-refractivity contribution in [2.24, 2.45) is 5.92 Å². The Morgan fingerprint density at radius 1 is 1.10 bits per heavy atom. The molecule has 8 heteroatoms. The molecule has 1 aromatic carbocycles. The van der Waals surface area contributed by atoms with Crippen molar-refractivity contribution in [3.8, 4) is 5.75 Å². The Kier molecular flexibility index (Phi) is 10.9. The first-order valence-corrected chi connectivity index (χ1v) is 14.9. The topological polar surface area (TPSA) is 86.2 Å². The van der Waals surface area contributed by atoms with Crippen molar-refractivity contribution in [3.63, 3.8) is 0 Å². The van der Waals surface area contributed by atoms with Gasteiger partial charge in [-0.25, -0.2) is 0 Å². The van der Waals surface area contributed by atoms with Gasteiger partial charge in [-0.3, -0.25) is 19.5 Å². The zero-order chi connectivity index (χ0) is 28.5. The lowest BCUT2D eigenvalue weighted by molar-refractivity contribution is -0.143. The maximum atomic E-state index is 13.7. The second kappa shape index (κ2) is 14.6. The van der Waals surface area contributed by atoms with Crippen molar-refractivity contribution in [2.45, 2.75) is 63.8 Å². The number of aliphatic carboxylic acids is 1. The molecule has 0 saturated carbocycles. The summed E-state index contributed by atoms with van der Waals surface area (Å²) in [6.45, 7) is 6.12. The van der Waals surface area contributed by atoms with Crippen LogP contribution < -0.4 is 4.74 Å². The van der Waals surface area contributed by atoms with E-state index in [0.717, 1.165) is 74.3 Å². The van der Waals surface area contributed by atoms with Gasteiger partial charge in [0.05, 0.1) is 19.1 Å². The van der Waals surface area contributed by atoms with Gasteiger partial charge in [-0.15, -0.1) is 0 Å². The minimum atomic E-state index is -0.797. The van der Waals surface area contributed by atoms with Gasteiger partial charge in [-0.2, -0.15) is 0 Å². The van der Waals surface area contributed by atoms with E-state index in [-0.39, 0.29) is 24.4 Å². The average Bonchev–Trinajstić information content (AvgIpc) is 3.56. The highest BCUT2D eigenvalue weighted by Gasteiger charge is 2.47. The minimum absolute atomic E-state index is 0.105. The monoisotopic (exact) mass is 550 g/mol. The Hall–Kier alpha value is -2.97. The van der Waals surface area contributed by atoms with E-state index in [4.69, 9.17) is 4.74 Å². The van der Waals surface area contributed by atoms with Crippen LogP contribution in [0.1, 0.15) is 61.8 Å². The molecule has 1 aromatic heterocycles. The number of hydrogen-bond acceptors (Lipinski definition) is 6. The first kappa shape index (κ1) is 30.0. The molecule has 1 N–H and O–H groups in total. The third kappa shape index (κ3) is 7.82. The van der Waals surface area contributed by atoms with Crippen molar-refractivity contribution in [3.05, 3.63) is 59.4 Å². The number of unbranched alkanes of at least 4 members (excludes halogenated alkanes) is 2. The molecule has 2 aromatic rings. The standard InChI is InChI=1S/C32H46N4O4/c1-4-5-18-35(19-9-8-17-34(2)3)30(37)23-36-22-27(24-11-14-29-25(21-24)15-20-40-29)31(32(38)39)28(36)13-12-26-10-6-7-16-33-26/h6-7,10-11,14,16,21,27-28,31H,4-5,8-9,12-13,15,17-20,22-23H2,1-3H3,(H,38,39). The fourth-order valence-electron chi connectivity index (χ4n) is 6.18. The predicted octanol–water partition coefficient (Wildman–Crippen LogP) is 4.09. The fraction of sp³-hybridized carbons (Fsp3) is 0.594. The van der Waals surface area contributed by atoms with E-state index in [2.05, 4.69) is 41.9 Å². The highest BCUT2D eigenvalue weighted by molar-refractivity contribution is 5.79. The maximum absolute atomic E-state index is 13.7. The van der Waals surface area contributed by atoms with Gasteiger partial charge in [-0.05, 0) is 82.1 Å². The quantitative estimate of drug-likeness (QED) is 0.334. The van der Waals surface area contributed by atoms with Crippen LogP contribution in [-0.4, -0.2) is 96.1 Å². The van der Waals surface area contributed by atoms with Gasteiger partial charge >= 0.3 is 5.97 Å². The lowest BCUT2D eigenvalue weighted by Crippen LogP contribution is -2.45. The van der Waals surface area contributed by atoms with Crippen molar-refractivity contribution in [1.82, 2.24) is 19.7 Å². The molecule has 218 valence electrons. The number of carboxylic acids is 1. The molecule has 2 aliphatic heterocycles. The van der Waals surface area contributed by atoms with Crippen molar-refractivity contribution in [1.29, 1.82) is 0 Å². The van der Waals surface area contributed by atoms with Crippen LogP contribution >= 0.6 is 0 Å². The molecule has 0 radical (unpaired) electrons. The third-order valence-electron chi connectivity index (χ3n) is 8.35. The molecule has 8 nitrogen and oxygen atoms in total. The number of nitrogens with zero attached hydrogens (tertiary/aromatic N) is 4. The van der Waals surface area contributed by atoms with Crippen LogP contribution in [0.25, 0.3) is 0 Å². The first-order valence-electron chi connectivity index (χ1n) is 14.9. The summed E-state index contributed by atoms with van der Waals surface area (Å²) in [6, 6.07) is 11.7. The summed E-state index contributed by atoms with van der Waals surface area (Å²) < 4.78 is 5.70. The number of hydrogen-bond donors (Lipinski definition) is 1. The van der Waals surface area contributed by atoms with Crippen LogP contribution in [0, 0.1) is 5.92 Å². The number of benzene rings is 1. The van der Waals surface area contributed by atoms with Gasteiger partial charge in [0, 0.05) is 49.9 Å². The summed E-state index contributed by atoms with van der Waals surface area (Å²) in [4.78, 5) is 37.3. The lowest BCUT2D eigenvalue weighted by atomic mass is 9.83. The molecule has 0 aliphatic carbocycles. The van der Waals surface area contributed by atoms with Gasteiger partial charge < -0.3 is 19.6 Å². The van der Waals surface area contributed by atoms with Gasteiger partial charge in [-0.1, -0.05) is 31.5 Å². The predicted molar refractivity (Wildman–Crippen MR) is 157 cm³/mol. The van der Waals surface area contributed by atoms with E-state index in [0.29, 0.717) is 26.0 Å². The molecule has 1 saturated heterocycles. The number of ether oxygens (including phenoxy) is 1. The summed E-state index contributed by atoms with van der Waals surface area (Å²) in [6.07, 6.45) is 7.96. The molecule has 3 atom stereocenters. The normalized spacial score (nSPS) is 20.4. The van der Waals surface area contributed by atoms with Crippen LogP contribution in [-0.2, 0) is 22.4 Å². The SMILES string of the molecule is CCCCN(CCCCN(C)C)C(=O)CN1CC(c2ccc3c(c2)CCO3)C(C(=O)O)C1CCc1ccccn1. The number of carbonyl (C=O) groups excluding carboxylic acids is 1. The third-order valence-corrected chi connectivity index (χ3v) is 8.35. The highest BCUT2D eigenvalue weighted by atomic mass is 16.5. The molecule has 2 aliphatic rings. The number of rotatable bonds is 15. The van der Waals surface area contributed by atoms with E-state index in [9.17, 15) is 14.7 Å². The van der Waals surface area contributed by atoms with E-state index in [1.54, 1.807) is 6.20 Å². The van der Waals surface area contributed by atoms with Gasteiger partial charge in [0.1, 0.15) is 5.75 Å². The molecule has 3 unspecified atom stereocenters. The Balaban J connectivity index is 1.54. The molecular weight excluding hydrogens is 504 g/mol. The number of amides is 1. The molecule has 0 spiro atoms. The Morgan fingerprint density at radius 2 is 1.90 bits per heavy atom.